The number of benzene rings is 1. The summed E-state index contributed by atoms with van der Waals surface area (Å²) in [6.45, 7) is 0. The van der Waals surface area contributed by atoms with Crippen molar-refractivity contribution < 1.29 is 4.79 Å². The first-order valence-electron chi connectivity index (χ1n) is 5.36. The zero-order valence-electron chi connectivity index (χ0n) is 9.58. The first-order chi connectivity index (χ1) is 8.77. The van der Waals surface area contributed by atoms with Crippen LogP contribution in [-0.4, -0.2) is 16.7 Å². The lowest BCUT2D eigenvalue weighted by Crippen LogP contribution is -2.26. The third-order valence-electron chi connectivity index (χ3n) is 2.26. The molecule has 2 aromatic rings. The van der Waals surface area contributed by atoms with Gasteiger partial charge in [0.25, 0.3) is 0 Å². The third kappa shape index (κ3) is 2.91. The second-order valence-corrected chi connectivity index (χ2v) is 3.54. The van der Waals surface area contributed by atoms with Gasteiger partial charge in [-0.05, 0) is 12.1 Å². The fourth-order valence-corrected chi connectivity index (χ4v) is 1.51. The molecule has 0 saturated heterocycles. The van der Waals surface area contributed by atoms with Gasteiger partial charge in [0.1, 0.15) is 0 Å². The molecule has 0 radical (unpaired) electrons. The molecule has 5 heteroatoms. The standard InChI is InChI=1S/C13H12N4O/c14-13(18)17-16-12(10-5-2-1-3-6-10)11-7-4-8-15-9-11/h1-9H,(H3,14,17,18). The Kier molecular flexibility index (Phi) is 3.66. The zero-order chi connectivity index (χ0) is 12.8. The molecule has 0 unspecified atom stereocenters. The van der Waals surface area contributed by atoms with Gasteiger partial charge in [0.05, 0.1) is 5.71 Å². The highest BCUT2D eigenvalue weighted by atomic mass is 16.2. The Bertz CT molecular complexity index is 510. The summed E-state index contributed by atoms with van der Waals surface area (Å²) in [5.41, 5.74) is 9.56. The van der Waals surface area contributed by atoms with Crippen molar-refractivity contribution in [1.82, 2.24) is 10.4 Å². The average Bonchev–Trinajstić information content (AvgIpc) is 2.41. The van der Waals surface area contributed by atoms with E-state index in [1.807, 2.05) is 36.4 Å². The second-order valence-electron chi connectivity index (χ2n) is 3.54. The van der Waals surface area contributed by atoms with Crippen molar-refractivity contribution in [3.8, 4) is 0 Å². The molecule has 3 N–H and O–H groups in total. The predicted octanol–water partition coefficient (Wildman–Crippen LogP) is 1.50. The summed E-state index contributed by atoms with van der Waals surface area (Å²) in [5, 5.41) is 4.02. The lowest BCUT2D eigenvalue weighted by molar-refractivity contribution is 0.249. The van der Waals surface area contributed by atoms with Gasteiger partial charge < -0.3 is 5.73 Å². The molecule has 0 aliphatic rings. The van der Waals surface area contributed by atoms with Crippen LogP contribution in [0.15, 0.2) is 60.0 Å². The van der Waals surface area contributed by atoms with Gasteiger partial charge in [-0.1, -0.05) is 30.3 Å². The van der Waals surface area contributed by atoms with Gasteiger partial charge in [-0.2, -0.15) is 5.10 Å². The van der Waals surface area contributed by atoms with Gasteiger partial charge in [0.2, 0.25) is 0 Å². The molecular formula is C13H12N4O. The van der Waals surface area contributed by atoms with E-state index in [9.17, 15) is 4.79 Å². The molecule has 0 bridgehead atoms. The molecule has 90 valence electrons. The Morgan fingerprint density at radius 2 is 1.83 bits per heavy atom. The van der Waals surface area contributed by atoms with E-state index in [4.69, 9.17) is 5.73 Å². The third-order valence-corrected chi connectivity index (χ3v) is 2.26. The molecule has 1 heterocycles. The number of nitrogens with zero attached hydrogens (tertiary/aromatic N) is 2. The average molecular weight is 240 g/mol. The SMILES string of the molecule is NC(=O)NN=C(c1ccccc1)c1cccnc1. The molecule has 5 nitrogen and oxygen atoms in total. The molecule has 0 fully saturated rings. The van der Waals surface area contributed by atoms with Gasteiger partial charge in [0, 0.05) is 23.5 Å². The number of carbonyl (C=O) groups is 1. The number of aromatic nitrogens is 1. The van der Waals surface area contributed by atoms with Crippen molar-refractivity contribution in [3.05, 3.63) is 66.0 Å². The second kappa shape index (κ2) is 5.58. The molecule has 0 atom stereocenters. The number of amides is 2. The summed E-state index contributed by atoms with van der Waals surface area (Å²) in [5.74, 6) is 0. The predicted molar refractivity (Wildman–Crippen MR) is 69.0 cm³/mol. The summed E-state index contributed by atoms with van der Waals surface area (Å²) < 4.78 is 0. The van der Waals surface area contributed by atoms with E-state index in [0.29, 0.717) is 5.71 Å². The number of hydrazone groups is 1. The highest BCUT2D eigenvalue weighted by Crippen LogP contribution is 2.09. The van der Waals surface area contributed by atoms with E-state index >= 15 is 0 Å². The Labute approximate surface area is 104 Å². The van der Waals surface area contributed by atoms with Gasteiger partial charge in [-0.15, -0.1) is 0 Å². The molecule has 0 aliphatic heterocycles. The number of primary amides is 1. The van der Waals surface area contributed by atoms with Crippen LogP contribution >= 0.6 is 0 Å². The van der Waals surface area contributed by atoms with Gasteiger partial charge >= 0.3 is 6.03 Å². The van der Waals surface area contributed by atoms with Crippen LogP contribution in [0.25, 0.3) is 0 Å². The molecule has 0 spiro atoms. The minimum atomic E-state index is -0.702. The highest BCUT2D eigenvalue weighted by Gasteiger charge is 2.06. The van der Waals surface area contributed by atoms with Crippen molar-refractivity contribution in [3.63, 3.8) is 0 Å². The molecule has 2 amide bonds. The number of nitrogens with two attached hydrogens (primary N) is 1. The van der Waals surface area contributed by atoms with Gasteiger partial charge in [0.15, 0.2) is 0 Å². The van der Waals surface area contributed by atoms with Crippen LogP contribution in [0, 0.1) is 0 Å². The van der Waals surface area contributed by atoms with Crippen molar-refractivity contribution in [1.29, 1.82) is 0 Å². The van der Waals surface area contributed by atoms with E-state index < -0.39 is 6.03 Å². The number of pyridine rings is 1. The van der Waals surface area contributed by atoms with Crippen LogP contribution < -0.4 is 11.2 Å². The number of carbonyl (C=O) groups excluding carboxylic acids is 1. The fraction of sp³-hybridized carbons (Fsp3) is 0. The molecule has 0 saturated carbocycles. The maximum absolute atomic E-state index is 10.8. The Morgan fingerprint density at radius 3 is 2.44 bits per heavy atom. The van der Waals surface area contributed by atoms with Crippen LogP contribution in [-0.2, 0) is 0 Å². The van der Waals surface area contributed by atoms with Crippen molar-refractivity contribution in [2.24, 2.45) is 10.8 Å². The van der Waals surface area contributed by atoms with Crippen LogP contribution in [0.4, 0.5) is 4.79 Å². The summed E-state index contributed by atoms with van der Waals surface area (Å²) in [6.07, 6.45) is 3.35. The van der Waals surface area contributed by atoms with Crippen LogP contribution in [0.5, 0.6) is 0 Å². The summed E-state index contributed by atoms with van der Waals surface area (Å²) in [4.78, 5) is 14.8. The topological polar surface area (TPSA) is 80.4 Å². The smallest absolute Gasteiger partial charge is 0.332 e. The molecular weight excluding hydrogens is 228 g/mol. The molecule has 2 rings (SSSR count). The fourth-order valence-electron chi connectivity index (χ4n) is 1.51. The van der Waals surface area contributed by atoms with E-state index in [0.717, 1.165) is 11.1 Å². The number of urea groups is 1. The number of hydrogen-bond donors (Lipinski definition) is 2. The monoisotopic (exact) mass is 240 g/mol. The van der Waals surface area contributed by atoms with Crippen molar-refractivity contribution in [2.75, 3.05) is 0 Å². The normalized spacial score (nSPS) is 11.0. The maximum atomic E-state index is 10.8. The Balaban J connectivity index is 2.42. The van der Waals surface area contributed by atoms with E-state index in [1.165, 1.54) is 0 Å². The van der Waals surface area contributed by atoms with Gasteiger partial charge in [-0.3, -0.25) is 4.98 Å². The Hall–Kier alpha value is -2.69. The van der Waals surface area contributed by atoms with Crippen LogP contribution in [0.2, 0.25) is 0 Å². The van der Waals surface area contributed by atoms with E-state index in [-0.39, 0.29) is 0 Å². The largest absolute Gasteiger partial charge is 0.350 e. The first-order valence-corrected chi connectivity index (χ1v) is 5.36. The summed E-state index contributed by atoms with van der Waals surface area (Å²) in [6, 6.07) is 12.5. The number of nitrogens with one attached hydrogen (secondary N) is 1. The molecule has 1 aromatic carbocycles. The number of hydrogen-bond acceptors (Lipinski definition) is 3. The molecule has 1 aromatic heterocycles. The maximum Gasteiger partial charge on any atom is 0.332 e. The van der Waals surface area contributed by atoms with Crippen molar-refractivity contribution in [2.45, 2.75) is 0 Å². The molecule has 0 aliphatic carbocycles. The number of rotatable bonds is 3. The quantitative estimate of drug-likeness (QED) is 0.629. The lowest BCUT2D eigenvalue weighted by Gasteiger charge is -2.06. The first kappa shape index (κ1) is 11.8. The van der Waals surface area contributed by atoms with E-state index in [2.05, 4.69) is 15.5 Å². The summed E-state index contributed by atoms with van der Waals surface area (Å²) >= 11 is 0. The lowest BCUT2D eigenvalue weighted by atomic mass is 10.0. The van der Waals surface area contributed by atoms with Crippen LogP contribution in [0.3, 0.4) is 0 Å². The minimum Gasteiger partial charge on any atom is -0.350 e. The minimum absolute atomic E-state index is 0.613. The van der Waals surface area contributed by atoms with Crippen LogP contribution in [0.1, 0.15) is 11.1 Å². The van der Waals surface area contributed by atoms with E-state index in [1.54, 1.807) is 18.5 Å². The zero-order valence-corrected chi connectivity index (χ0v) is 9.58. The van der Waals surface area contributed by atoms with Gasteiger partial charge in [-0.25, -0.2) is 10.2 Å². The van der Waals surface area contributed by atoms with Crippen molar-refractivity contribution >= 4 is 11.7 Å². The molecule has 18 heavy (non-hydrogen) atoms. The summed E-state index contributed by atoms with van der Waals surface area (Å²) in [7, 11) is 0. The Morgan fingerprint density at radius 1 is 1.11 bits per heavy atom. The highest BCUT2D eigenvalue weighted by molar-refractivity contribution is 6.12.